The molecule has 0 saturated carbocycles. The smallest absolute Gasteiger partial charge is 0.321 e. The number of carbonyl (C=O) groups excluding carboxylic acids is 2. The first-order valence-corrected chi connectivity index (χ1v) is 9.03. The van der Waals surface area contributed by atoms with E-state index in [1.54, 1.807) is 23.0 Å². The molecule has 1 aromatic carbocycles. The molecule has 0 atom stereocenters. The van der Waals surface area contributed by atoms with E-state index in [4.69, 9.17) is 4.42 Å². The van der Waals surface area contributed by atoms with E-state index in [0.29, 0.717) is 16.7 Å². The number of aromatic nitrogens is 3. The summed E-state index contributed by atoms with van der Waals surface area (Å²) in [5.74, 6) is 0.651. The fraction of sp³-hybridized carbons (Fsp3) is 0.111. The number of para-hydroxylation sites is 1. The molecule has 2 aromatic heterocycles. The standard InChI is InChI=1S/C18H17N5O3S/c1-2-10-19-17(25)20-15(24)12-27-18-22-21-16(14-9-6-11-26-14)23(18)13-7-4-3-5-8-13/h2-9,11H,1,10,12H2,(H2,19,20,24,25). The second-order valence-corrected chi connectivity index (χ2v) is 6.23. The first-order chi connectivity index (χ1) is 13.2. The van der Waals surface area contributed by atoms with Gasteiger partial charge in [0.25, 0.3) is 0 Å². The van der Waals surface area contributed by atoms with Crippen molar-refractivity contribution in [3.05, 3.63) is 61.4 Å². The highest BCUT2D eigenvalue weighted by atomic mass is 32.2. The van der Waals surface area contributed by atoms with Gasteiger partial charge in [-0.1, -0.05) is 36.0 Å². The second kappa shape index (κ2) is 8.86. The summed E-state index contributed by atoms with van der Waals surface area (Å²) in [6, 6.07) is 12.5. The molecule has 3 aromatic rings. The maximum Gasteiger partial charge on any atom is 0.321 e. The topological polar surface area (TPSA) is 102 Å². The van der Waals surface area contributed by atoms with Crippen molar-refractivity contribution in [3.8, 4) is 17.3 Å². The summed E-state index contributed by atoms with van der Waals surface area (Å²) in [6.45, 7) is 3.77. The lowest BCUT2D eigenvalue weighted by atomic mass is 10.3. The van der Waals surface area contributed by atoms with Gasteiger partial charge in [-0.3, -0.25) is 14.7 Å². The molecule has 0 spiro atoms. The number of carbonyl (C=O) groups is 2. The third-order valence-corrected chi connectivity index (χ3v) is 4.31. The lowest BCUT2D eigenvalue weighted by Gasteiger charge is -2.09. The lowest BCUT2D eigenvalue weighted by molar-refractivity contribution is -0.117. The number of urea groups is 1. The Morgan fingerprint density at radius 1 is 1.19 bits per heavy atom. The van der Waals surface area contributed by atoms with Crippen molar-refractivity contribution >= 4 is 23.7 Å². The van der Waals surface area contributed by atoms with Gasteiger partial charge in [0.2, 0.25) is 11.7 Å². The average molecular weight is 383 g/mol. The minimum Gasteiger partial charge on any atom is -0.461 e. The van der Waals surface area contributed by atoms with Crippen LogP contribution in [0.5, 0.6) is 0 Å². The van der Waals surface area contributed by atoms with Crippen LogP contribution in [0, 0.1) is 0 Å². The maximum atomic E-state index is 12.0. The van der Waals surface area contributed by atoms with Crippen LogP contribution in [0.4, 0.5) is 4.79 Å². The van der Waals surface area contributed by atoms with E-state index in [0.717, 1.165) is 5.69 Å². The Bertz CT molecular complexity index is 922. The number of amides is 3. The van der Waals surface area contributed by atoms with Crippen LogP contribution < -0.4 is 10.6 Å². The van der Waals surface area contributed by atoms with Crippen LogP contribution in [0.25, 0.3) is 17.3 Å². The number of rotatable bonds is 7. The molecule has 3 amide bonds. The highest BCUT2D eigenvalue weighted by Crippen LogP contribution is 2.27. The van der Waals surface area contributed by atoms with Gasteiger partial charge in [-0.2, -0.15) is 0 Å². The van der Waals surface area contributed by atoms with Gasteiger partial charge in [-0.05, 0) is 24.3 Å². The van der Waals surface area contributed by atoms with Crippen molar-refractivity contribution < 1.29 is 14.0 Å². The summed E-state index contributed by atoms with van der Waals surface area (Å²) >= 11 is 1.17. The van der Waals surface area contributed by atoms with Crippen LogP contribution in [0.15, 0.2) is 71.0 Å². The zero-order valence-electron chi connectivity index (χ0n) is 14.3. The largest absolute Gasteiger partial charge is 0.461 e. The summed E-state index contributed by atoms with van der Waals surface area (Å²) in [6.07, 6.45) is 3.08. The molecule has 0 aliphatic rings. The number of benzene rings is 1. The molecule has 0 unspecified atom stereocenters. The van der Waals surface area contributed by atoms with E-state index < -0.39 is 11.9 Å². The third-order valence-electron chi connectivity index (χ3n) is 3.38. The fourth-order valence-corrected chi connectivity index (χ4v) is 2.99. The molecule has 0 aliphatic carbocycles. The van der Waals surface area contributed by atoms with Crippen molar-refractivity contribution in [3.63, 3.8) is 0 Å². The molecule has 27 heavy (non-hydrogen) atoms. The lowest BCUT2D eigenvalue weighted by Crippen LogP contribution is -2.40. The van der Waals surface area contributed by atoms with Crippen LogP contribution in [-0.4, -0.2) is 39.0 Å². The van der Waals surface area contributed by atoms with Crippen LogP contribution in [0.2, 0.25) is 0 Å². The Morgan fingerprint density at radius 2 is 2.00 bits per heavy atom. The van der Waals surface area contributed by atoms with Gasteiger partial charge in [-0.15, -0.1) is 16.8 Å². The number of nitrogens with one attached hydrogen (secondary N) is 2. The molecule has 0 saturated heterocycles. The third kappa shape index (κ3) is 4.64. The van der Waals surface area contributed by atoms with Gasteiger partial charge < -0.3 is 9.73 Å². The number of furan rings is 1. The molecule has 0 bridgehead atoms. The van der Waals surface area contributed by atoms with Gasteiger partial charge in [0.05, 0.1) is 12.0 Å². The number of nitrogens with zero attached hydrogens (tertiary/aromatic N) is 3. The monoisotopic (exact) mass is 383 g/mol. The molecule has 9 heteroatoms. The SMILES string of the molecule is C=CCNC(=O)NC(=O)CSc1nnc(-c2ccco2)n1-c1ccccc1. The minimum atomic E-state index is -0.568. The molecule has 0 aliphatic heterocycles. The summed E-state index contributed by atoms with van der Waals surface area (Å²) in [5, 5.41) is 13.6. The number of hydrogen-bond acceptors (Lipinski definition) is 6. The summed E-state index contributed by atoms with van der Waals surface area (Å²) in [4.78, 5) is 23.5. The Kier molecular flexibility index (Phi) is 6.06. The molecule has 0 radical (unpaired) electrons. The molecule has 3 rings (SSSR count). The van der Waals surface area contributed by atoms with Gasteiger partial charge in [-0.25, -0.2) is 4.79 Å². The van der Waals surface area contributed by atoms with Crippen molar-refractivity contribution in [2.45, 2.75) is 5.16 Å². The molecular weight excluding hydrogens is 366 g/mol. The minimum absolute atomic E-state index is 0.00459. The van der Waals surface area contributed by atoms with E-state index in [-0.39, 0.29) is 12.3 Å². The molecule has 8 nitrogen and oxygen atoms in total. The zero-order chi connectivity index (χ0) is 19.1. The number of thioether (sulfide) groups is 1. The van der Waals surface area contributed by atoms with Gasteiger partial charge in [0, 0.05) is 12.2 Å². The zero-order valence-corrected chi connectivity index (χ0v) is 15.1. The Balaban J connectivity index is 1.77. The Labute approximate surface area is 159 Å². The van der Waals surface area contributed by atoms with E-state index in [1.807, 2.05) is 30.3 Å². The second-order valence-electron chi connectivity index (χ2n) is 5.29. The first kappa shape index (κ1) is 18.5. The molecule has 2 heterocycles. The predicted octanol–water partition coefficient (Wildman–Crippen LogP) is 2.63. The highest BCUT2D eigenvalue weighted by molar-refractivity contribution is 7.99. The quantitative estimate of drug-likeness (QED) is 0.480. The normalized spacial score (nSPS) is 10.4. The Morgan fingerprint density at radius 3 is 2.70 bits per heavy atom. The highest BCUT2D eigenvalue weighted by Gasteiger charge is 2.19. The van der Waals surface area contributed by atoms with E-state index >= 15 is 0 Å². The van der Waals surface area contributed by atoms with E-state index in [9.17, 15) is 9.59 Å². The van der Waals surface area contributed by atoms with Crippen LogP contribution in [0.3, 0.4) is 0 Å². The Hall–Kier alpha value is -3.33. The average Bonchev–Trinajstić information content (AvgIpc) is 3.34. The summed E-state index contributed by atoms with van der Waals surface area (Å²) in [5.41, 5.74) is 0.834. The van der Waals surface area contributed by atoms with Gasteiger partial charge >= 0.3 is 6.03 Å². The van der Waals surface area contributed by atoms with Crippen molar-refractivity contribution in [1.29, 1.82) is 0 Å². The summed E-state index contributed by atoms with van der Waals surface area (Å²) in [7, 11) is 0. The molecule has 138 valence electrons. The maximum absolute atomic E-state index is 12.0. The fourth-order valence-electron chi connectivity index (χ4n) is 2.24. The molecular formula is C18H17N5O3S. The number of imide groups is 1. The van der Waals surface area contributed by atoms with Gasteiger partial charge in [0.1, 0.15) is 0 Å². The van der Waals surface area contributed by atoms with Crippen LogP contribution >= 0.6 is 11.8 Å². The van der Waals surface area contributed by atoms with Crippen molar-refractivity contribution in [2.75, 3.05) is 12.3 Å². The van der Waals surface area contributed by atoms with Crippen molar-refractivity contribution in [1.82, 2.24) is 25.4 Å². The van der Waals surface area contributed by atoms with Gasteiger partial charge in [0.15, 0.2) is 10.9 Å². The van der Waals surface area contributed by atoms with Crippen molar-refractivity contribution in [2.24, 2.45) is 0 Å². The van der Waals surface area contributed by atoms with E-state index in [1.165, 1.54) is 17.8 Å². The molecule has 2 N–H and O–H groups in total. The van der Waals surface area contributed by atoms with Crippen LogP contribution in [0.1, 0.15) is 0 Å². The molecule has 0 fully saturated rings. The summed E-state index contributed by atoms with van der Waals surface area (Å²) < 4.78 is 7.24. The predicted molar refractivity (Wildman–Crippen MR) is 102 cm³/mol. The first-order valence-electron chi connectivity index (χ1n) is 8.05. The van der Waals surface area contributed by atoms with E-state index in [2.05, 4.69) is 27.4 Å². The number of hydrogen-bond donors (Lipinski definition) is 2. The van der Waals surface area contributed by atoms with Crippen LogP contribution in [-0.2, 0) is 4.79 Å².